The molecule has 0 spiro atoms. The highest BCUT2D eigenvalue weighted by molar-refractivity contribution is 9.10. The maximum Gasteiger partial charge on any atom is 0.227 e. The number of halogens is 2. The normalized spacial score (nSPS) is 14.9. The van der Waals surface area contributed by atoms with Gasteiger partial charge in [-0.1, -0.05) is 18.2 Å². The Balaban J connectivity index is 1.59. The van der Waals surface area contributed by atoms with E-state index in [1.807, 2.05) is 18.2 Å². The van der Waals surface area contributed by atoms with Gasteiger partial charge in [0.1, 0.15) is 11.6 Å². The maximum atomic E-state index is 14.0. The van der Waals surface area contributed by atoms with E-state index < -0.39 is 0 Å². The largest absolute Gasteiger partial charge is 0.353 e. The Morgan fingerprint density at radius 1 is 1.13 bits per heavy atom. The molecular weight excluding hydrogens is 361 g/mol. The molecule has 2 aromatic rings. The van der Waals surface area contributed by atoms with E-state index in [1.165, 1.54) is 0 Å². The van der Waals surface area contributed by atoms with Gasteiger partial charge in [-0.25, -0.2) is 9.37 Å². The lowest BCUT2D eigenvalue weighted by atomic mass is 10.1. The molecule has 1 amide bonds. The zero-order valence-corrected chi connectivity index (χ0v) is 14.2. The number of hydrogen-bond donors (Lipinski definition) is 0. The van der Waals surface area contributed by atoms with Gasteiger partial charge in [-0.2, -0.15) is 0 Å². The van der Waals surface area contributed by atoms with Crippen molar-refractivity contribution in [1.29, 1.82) is 0 Å². The smallest absolute Gasteiger partial charge is 0.227 e. The van der Waals surface area contributed by atoms with Crippen LogP contribution in [0.5, 0.6) is 0 Å². The minimum absolute atomic E-state index is 0.0392. The molecule has 1 aliphatic heterocycles. The van der Waals surface area contributed by atoms with Crippen molar-refractivity contribution in [2.45, 2.75) is 6.42 Å². The molecule has 6 heteroatoms. The molecular formula is C17H17BrFN3O. The van der Waals surface area contributed by atoms with Gasteiger partial charge in [-0.15, -0.1) is 0 Å². The van der Waals surface area contributed by atoms with Gasteiger partial charge in [0.05, 0.1) is 10.9 Å². The van der Waals surface area contributed by atoms with Crippen LogP contribution in [-0.2, 0) is 11.2 Å². The molecule has 0 bridgehead atoms. The van der Waals surface area contributed by atoms with Crippen molar-refractivity contribution >= 4 is 27.7 Å². The number of aromatic nitrogens is 1. The van der Waals surface area contributed by atoms with Crippen LogP contribution in [0.2, 0.25) is 0 Å². The van der Waals surface area contributed by atoms with Crippen LogP contribution >= 0.6 is 15.9 Å². The summed E-state index contributed by atoms with van der Waals surface area (Å²) in [5, 5.41) is 0. The second kappa shape index (κ2) is 7.08. The van der Waals surface area contributed by atoms with Crippen LogP contribution in [0.4, 0.5) is 10.2 Å². The summed E-state index contributed by atoms with van der Waals surface area (Å²) in [5.74, 6) is 0.535. The molecule has 120 valence electrons. The first-order chi connectivity index (χ1) is 11.1. The average Bonchev–Trinajstić information content (AvgIpc) is 2.60. The predicted octanol–water partition coefficient (Wildman–Crippen LogP) is 2.87. The van der Waals surface area contributed by atoms with Crippen molar-refractivity contribution in [2.75, 3.05) is 31.1 Å². The second-order valence-electron chi connectivity index (χ2n) is 5.45. The monoisotopic (exact) mass is 377 g/mol. The van der Waals surface area contributed by atoms with E-state index in [-0.39, 0.29) is 18.1 Å². The van der Waals surface area contributed by atoms with E-state index in [1.54, 1.807) is 29.3 Å². The summed E-state index contributed by atoms with van der Waals surface area (Å²) >= 11 is 3.15. The topological polar surface area (TPSA) is 36.4 Å². The Labute approximate surface area is 143 Å². The van der Waals surface area contributed by atoms with Crippen LogP contribution in [0.15, 0.2) is 47.1 Å². The molecule has 1 aromatic heterocycles. The van der Waals surface area contributed by atoms with Crippen molar-refractivity contribution in [3.05, 3.63) is 58.4 Å². The quantitative estimate of drug-likeness (QED) is 0.824. The predicted molar refractivity (Wildman–Crippen MR) is 90.8 cm³/mol. The van der Waals surface area contributed by atoms with E-state index in [4.69, 9.17) is 0 Å². The van der Waals surface area contributed by atoms with E-state index in [2.05, 4.69) is 25.8 Å². The van der Waals surface area contributed by atoms with Gasteiger partial charge in [0.2, 0.25) is 5.91 Å². The lowest BCUT2D eigenvalue weighted by molar-refractivity contribution is -0.130. The molecule has 0 atom stereocenters. The minimum atomic E-state index is -0.354. The van der Waals surface area contributed by atoms with Crippen LogP contribution in [0.1, 0.15) is 5.56 Å². The lowest BCUT2D eigenvalue weighted by Gasteiger charge is -2.35. The number of anilines is 1. The number of hydrogen-bond acceptors (Lipinski definition) is 3. The molecule has 0 unspecified atom stereocenters. The zero-order valence-electron chi connectivity index (χ0n) is 12.6. The Morgan fingerprint density at radius 2 is 1.91 bits per heavy atom. The Hall–Kier alpha value is -1.95. The Kier molecular flexibility index (Phi) is 4.91. The van der Waals surface area contributed by atoms with E-state index in [0.717, 1.165) is 18.9 Å². The zero-order chi connectivity index (χ0) is 16.2. The lowest BCUT2D eigenvalue weighted by Crippen LogP contribution is -2.49. The first-order valence-electron chi connectivity index (χ1n) is 7.52. The molecule has 0 N–H and O–H groups in total. The highest BCUT2D eigenvalue weighted by atomic mass is 79.9. The second-order valence-corrected chi connectivity index (χ2v) is 6.30. The molecule has 0 saturated carbocycles. The van der Waals surface area contributed by atoms with Crippen LogP contribution in [-0.4, -0.2) is 42.0 Å². The molecule has 2 heterocycles. The van der Waals surface area contributed by atoms with Gasteiger partial charge >= 0.3 is 0 Å². The molecule has 23 heavy (non-hydrogen) atoms. The van der Waals surface area contributed by atoms with E-state index in [9.17, 15) is 9.18 Å². The number of nitrogens with zero attached hydrogens (tertiary/aromatic N) is 3. The van der Waals surface area contributed by atoms with Gasteiger partial charge < -0.3 is 9.80 Å². The fourth-order valence-corrected chi connectivity index (χ4v) is 3.09. The number of rotatable bonds is 3. The third-order valence-corrected chi connectivity index (χ3v) is 4.59. The SMILES string of the molecule is O=C(Cc1cccc(Br)c1F)N1CCN(c2ccccn2)CC1. The minimum Gasteiger partial charge on any atom is -0.353 e. The summed E-state index contributed by atoms with van der Waals surface area (Å²) in [7, 11) is 0. The standard InChI is InChI=1S/C17H17BrFN3O/c18-14-5-3-4-13(17(14)19)12-16(23)22-10-8-21(9-11-22)15-6-1-2-7-20-15/h1-7H,8-12H2. The molecule has 1 aromatic carbocycles. The van der Waals surface area contributed by atoms with Gasteiger partial charge in [-0.05, 0) is 39.7 Å². The Bertz CT molecular complexity index is 687. The number of piperazine rings is 1. The molecule has 1 aliphatic rings. The van der Waals surface area contributed by atoms with Crippen molar-refractivity contribution < 1.29 is 9.18 Å². The Morgan fingerprint density at radius 3 is 2.61 bits per heavy atom. The third-order valence-electron chi connectivity index (χ3n) is 3.98. The van der Waals surface area contributed by atoms with Crippen molar-refractivity contribution in [2.24, 2.45) is 0 Å². The van der Waals surface area contributed by atoms with Crippen LogP contribution in [0.3, 0.4) is 0 Å². The summed E-state index contributed by atoms with van der Waals surface area (Å²) in [6.07, 6.45) is 1.86. The fraction of sp³-hybridized carbons (Fsp3) is 0.294. The van der Waals surface area contributed by atoms with Gasteiger partial charge in [0.25, 0.3) is 0 Å². The summed E-state index contributed by atoms with van der Waals surface area (Å²) in [6.45, 7) is 2.74. The molecule has 0 radical (unpaired) electrons. The van der Waals surface area contributed by atoms with Gasteiger partial charge in [0, 0.05) is 32.4 Å². The number of carbonyl (C=O) groups excluding carboxylic acids is 1. The van der Waals surface area contributed by atoms with Crippen molar-refractivity contribution in [1.82, 2.24) is 9.88 Å². The van der Waals surface area contributed by atoms with Crippen LogP contribution in [0, 0.1) is 5.82 Å². The van der Waals surface area contributed by atoms with Crippen molar-refractivity contribution in [3.8, 4) is 0 Å². The summed E-state index contributed by atoms with van der Waals surface area (Å²) in [5.41, 5.74) is 0.427. The summed E-state index contributed by atoms with van der Waals surface area (Å²) in [6, 6.07) is 10.8. The van der Waals surface area contributed by atoms with E-state index >= 15 is 0 Å². The van der Waals surface area contributed by atoms with E-state index in [0.29, 0.717) is 23.1 Å². The first-order valence-corrected chi connectivity index (χ1v) is 8.31. The average molecular weight is 378 g/mol. The third kappa shape index (κ3) is 3.69. The first kappa shape index (κ1) is 15.9. The number of carbonyl (C=O) groups is 1. The molecule has 1 saturated heterocycles. The highest BCUT2D eigenvalue weighted by Gasteiger charge is 2.22. The maximum absolute atomic E-state index is 14.0. The van der Waals surface area contributed by atoms with Crippen LogP contribution in [0.25, 0.3) is 0 Å². The highest BCUT2D eigenvalue weighted by Crippen LogP contribution is 2.20. The summed E-state index contributed by atoms with van der Waals surface area (Å²) in [4.78, 5) is 20.7. The van der Waals surface area contributed by atoms with Gasteiger partial charge in [0.15, 0.2) is 0 Å². The van der Waals surface area contributed by atoms with Crippen molar-refractivity contribution in [3.63, 3.8) is 0 Å². The van der Waals surface area contributed by atoms with Crippen LogP contribution < -0.4 is 4.90 Å². The molecule has 0 aliphatic carbocycles. The van der Waals surface area contributed by atoms with Gasteiger partial charge in [-0.3, -0.25) is 4.79 Å². The number of amides is 1. The molecule has 1 fully saturated rings. The summed E-state index contributed by atoms with van der Waals surface area (Å²) < 4.78 is 14.4. The number of benzene rings is 1. The molecule has 3 rings (SSSR count). The fourth-order valence-electron chi connectivity index (χ4n) is 2.69. The number of pyridine rings is 1. The molecule has 4 nitrogen and oxygen atoms in total.